The number of halogens is 3. The first-order valence-electron chi connectivity index (χ1n) is 6.66. The van der Waals surface area contributed by atoms with Gasteiger partial charge in [0, 0.05) is 5.92 Å². The number of carbonyl (C=O) groups is 1. The molecule has 3 nitrogen and oxygen atoms in total. The Labute approximate surface area is 127 Å². The van der Waals surface area contributed by atoms with E-state index in [0.29, 0.717) is 12.5 Å². The lowest BCUT2D eigenvalue weighted by Gasteiger charge is -2.27. The fraction of sp³-hybridized carbons (Fsp3) is 0.500. The summed E-state index contributed by atoms with van der Waals surface area (Å²) in [5.74, 6) is -0.190. The van der Waals surface area contributed by atoms with Gasteiger partial charge in [-0.2, -0.15) is 0 Å². The van der Waals surface area contributed by atoms with E-state index in [1.807, 2.05) is 0 Å². The van der Waals surface area contributed by atoms with Gasteiger partial charge in [-0.25, -0.2) is 4.39 Å². The van der Waals surface area contributed by atoms with Crippen LogP contribution in [-0.4, -0.2) is 12.5 Å². The van der Waals surface area contributed by atoms with Crippen molar-refractivity contribution >= 4 is 34.8 Å². The lowest BCUT2D eigenvalue weighted by atomic mass is 9.81. The van der Waals surface area contributed by atoms with Crippen molar-refractivity contribution in [2.45, 2.75) is 25.7 Å². The molecule has 0 unspecified atom stereocenters. The highest BCUT2D eigenvalue weighted by Gasteiger charge is 2.26. The van der Waals surface area contributed by atoms with Crippen molar-refractivity contribution in [2.24, 2.45) is 17.6 Å². The van der Waals surface area contributed by atoms with E-state index in [4.69, 9.17) is 28.9 Å². The van der Waals surface area contributed by atoms with Crippen molar-refractivity contribution in [2.75, 3.05) is 11.9 Å². The van der Waals surface area contributed by atoms with E-state index in [2.05, 4.69) is 5.32 Å². The zero-order valence-corrected chi connectivity index (χ0v) is 12.5. The van der Waals surface area contributed by atoms with Crippen LogP contribution in [0.15, 0.2) is 12.1 Å². The summed E-state index contributed by atoms with van der Waals surface area (Å²) in [6.45, 7) is 0.671. The van der Waals surface area contributed by atoms with Crippen LogP contribution < -0.4 is 11.1 Å². The zero-order valence-electron chi connectivity index (χ0n) is 11.0. The van der Waals surface area contributed by atoms with E-state index < -0.39 is 5.82 Å². The Bertz CT molecular complexity index is 479. The molecule has 0 spiro atoms. The predicted molar refractivity (Wildman–Crippen MR) is 79.6 cm³/mol. The van der Waals surface area contributed by atoms with E-state index >= 15 is 0 Å². The van der Waals surface area contributed by atoms with Crippen molar-refractivity contribution in [1.82, 2.24) is 0 Å². The van der Waals surface area contributed by atoms with Gasteiger partial charge < -0.3 is 11.1 Å². The molecule has 6 heteroatoms. The maximum absolute atomic E-state index is 13.1. The number of amides is 1. The molecule has 1 saturated carbocycles. The molecule has 1 aliphatic carbocycles. The van der Waals surface area contributed by atoms with Crippen LogP contribution in [0.1, 0.15) is 25.7 Å². The number of nitrogens with one attached hydrogen (secondary N) is 1. The van der Waals surface area contributed by atoms with E-state index in [1.165, 1.54) is 0 Å². The van der Waals surface area contributed by atoms with Crippen LogP contribution in [-0.2, 0) is 4.79 Å². The third kappa shape index (κ3) is 3.62. The van der Waals surface area contributed by atoms with Crippen molar-refractivity contribution in [3.05, 3.63) is 28.0 Å². The third-order valence-corrected chi connectivity index (χ3v) is 4.40. The summed E-state index contributed by atoms with van der Waals surface area (Å²) < 4.78 is 13.1. The van der Waals surface area contributed by atoms with Gasteiger partial charge in [0.05, 0.1) is 15.7 Å². The Balaban J connectivity index is 2.02. The standard InChI is InChI=1S/C14H17Cl2FN2O/c15-11-5-10(17)6-12(16)13(11)19-14(20)9-3-1-8(7-18)2-4-9/h5-6,8-9H,1-4,7,18H2,(H,19,20). The Morgan fingerprint density at radius 3 is 2.30 bits per heavy atom. The molecule has 20 heavy (non-hydrogen) atoms. The SMILES string of the molecule is NCC1CCC(C(=O)Nc2c(Cl)cc(F)cc2Cl)CC1. The van der Waals surface area contributed by atoms with Gasteiger partial charge in [-0.05, 0) is 50.3 Å². The molecule has 0 aliphatic heterocycles. The molecule has 3 N–H and O–H groups in total. The molecule has 0 aromatic heterocycles. The van der Waals surface area contributed by atoms with Crippen LogP contribution in [0.4, 0.5) is 10.1 Å². The highest BCUT2D eigenvalue weighted by molar-refractivity contribution is 6.39. The third-order valence-electron chi connectivity index (χ3n) is 3.81. The van der Waals surface area contributed by atoms with Crippen LogP contribution in [0.2, 0.25) is 10.0 Å². The molecule has 0 bridgehead atoms. The molecule has 1 fully saturated rings. The second-order valence-electron chi connectivity index (χ2n) is 5.19. The lowest BCUT2D eigenvalue weighted by Crippen LogP contribution is -2.29. The molecule has 0 heterocycles. The average Bonchev–Trinajstić information content (AvgIpc) is 2.42. The molecule has 1 amide bonds. The van der Waals surface area contributed by atoms with Gasteiger partial charge in [0.15, 0.2) is 0 Å². The normalized spacial score (nSPS) is 22.6. The lowest BCUT2D eigenvalue weighted by molar-refractivity contribution is -0.121. The maximum Gasteiger partial charge on any atom is 0.227 e. The largest absolute Gasteiger partial charge is 0.330 e. The van der Waals surface area contributed by atoms with Crippen LogP contribution in [0.3, 0.4) is 0 Å². The molecule has 2 rings (SSSR count). The Morgan fingerprint density at radius 2 is 1.80 bits per heavy atom. The summed E-state index contributed by atoms with van der Waals surface area (Å²) in [5, 5.41) is 2.93. The number of hydrogen-bond acceptors (Lipinski definition) is 2. The number of carbonyl (C=O) groups excluding carboxylic acids is 1. The topological polar surface area (TPSA) is 55.1 Å². The first-order chi connectivity index (χ1) is 9.51. The molecule has 0 radical (unpaired) electrons. The first kappa shape index (κ1) is 15.5. The fourth-order valence-corrected chi connectivity index (χ4v) is 3.10. The number of rotatable bonds is 3. The van der Waals surface area contributed by atoms with Gasteiger partial charge in [0.1, 0.15) is 5.82 Å². The van der Waals surface area contributed by atoms with Crippen molar-refractivity contribution < 1.29 is 9.18 Å². The van der Waals surface area contributed by atoms with Gasteiger partial charge in [-0.1, -0.05) is 23.2 Å². The molecule has 110 valence electrons. The monoisotopic (exact) mass is 318 g/mol. The van der Waals surface area contributed by atoms with Gasteiger partial charge in [0.25, 0.3) is 0 Å². The summed E-state index contributed by atoms with van der Waals surface area (Å²) in [6.07, 6.45) is 3.53. The fourth-order valence-electron chi connectivity index (χ4n) is 2.55. The summed E-state index contributed by atoms with van der Waals surface area (Å²) >= 11 is 11.8. The average molecular weight is 319 g/mol. The molecule has 1 aromatic carbocycles. The van der Waals surface area contributed by atoms with Gasteiger partial charge in [-0.15, -0.1) is 0 Å². The van der Waals surface area contributed by atoms with Crippen LogP contribution in [0.5, 0.6) is 0 Å². The summed E-state index contributed by atoms with van der Waals surface area (Å²) in [7, 11) is 0. The zero-order chi connectivity index (χ0) is 14.7. The first-order valence-corrected chi connectivity index (χ1v) is 7.42. The van der Waals surface area contributed by atoms with Crippen LogP contribution in [0, 0.1) is 17.7 Å². The van der Waals surface area contributed by atoms with Gasteiger partial charge >= 0.3 is 0 Å². The molecular formula is C14H17Cl2FN2O. The second kappa shape index (κ2) is 6.74. The molecule has 1 aliphatic rings. The molecular weight excluding hydrogens is 302 g/mol. The van der Waals surface area contributed by atoms with Crippen LogP contribution >= 0.6 is 23.2 Å². The Kier molecular flexibility index (Phi) is 5.24. The number of benzene rings is 1. The van der Waals surface area contributed by atoms with Crippen molar-refractivity contribution in [3.63, 3.8) is 0 Å². The summed E-state index contributed by atoms with van der Waals surface area (Å²) in [4.78, 5) is 12.2. The number of nitrogens with two attached hydrogens (primary N) is 1. The van der Waals surface area contributed by atoms with Crippen molar-refractivity contribution in [3.8, 4) is 0 Å². The van der Waals surface area contributed by atoms with E-state index in [0.717, 1.165) is 37.8 Å². The minimum atomic E-state index is -0.526. The smallest absolute Gasteiger partial charge is 0.227 e. The van der Waals surface area contributed by atoms with E-state index in [1.54, 1.807) is 0 Å². The second-order valence-corrected chi connectivity index (χ2v) is 6.00. The van der Waals surface area contributed by atoms with Gasteiger partial charge in [0.2, 0.25) is 5.91 Å². The molecule has 0 saturated heterocycles. The molecule has 1 aromatic rings. The molecule has 0 atom stereocenters. The van der Waals surface area contributed by atoms with Crippen molar-refractivity contribution in [1.29, 1.82) is 0 Å². The minimum Gasteiger partial charge on any atom is -0.330 e. The Hall–Kier alpha value is -0.840. The maximum atomic E-state index is 13.1. The van der Waals surface area contributed by atoms with Gasteiger partial charge in [-0.3, -0.25) is 4.79 Å². The highest BCUT2D eigenvalue weighted by atomic mass is 35.5. The van der Waals surface area contributed by atoms with Crippen LogP contribution in [0.25, 0.3) is 0 Å². The predicted octanol–water partition coefficient (Wildman–Crippen LogP) is 3.84. The number of anilines is 1. The highest BCUT2D eigenvalue weighted by Crippen LogP contribution is 2.34. The minimum absolute atomic E-state index is 0.0602. The number of hydrogen-bond donors (Lipinski definition) is 2. The van der Waals surface area contributed by atoms with E-state index in [-0.39, 0.29) is 27.6 Å². The van der Waals surface area contributed by atoms with E-state index in [9.17, 15) is 9.18 Å². The Morgan fingerprint density at radius 1 is 1.25 bits per heavy atom. The summed E-state index contributed by atoms with van der Waals surface area (Å²) in [5.41, 5.74) is 5.91. The quantitative estimate of drug-likeness (QED) is 0.889. The summed E-state index contributed by atoms with van der Waals surface area (Å²) in [6, 6.07) is 2.27.